The molecule has 0 fully saturated rings. The lowest BCUT2D eigenvalue weighted by Crippen LogP contribution is -2.30. The van der Waals surface area contributed by atoms with Crippen LogP contribution in [0.15, 0.2) is 4.99 Å². The molecule has 0 saturated heterocycles. The molecule has 0 amide bonds. The van der Waals surface area contributed by atoms with Crippen molar-refractivity contribution in [3.63, 3.8) is 0 Å². The van der Waals surface area contributed by atoms with Crippen LogP contribution in [0, 0.1) is 0 Å². The average molecular weight is 579 g/mol. The standard InChI is InChI=1S/C37H74N2S/c1-3-5-7-9-11-13-15-17-19-21-23-25-27-29-31-37-38-32-33-39(37)34-36-40-35-30-28-26-24-22-20-18-16-14-12-10-8-6-4-2/h3-36H2,1-2H3. The number of thioether (sulfide) groups is 1. The lowest BCUT2D eigenvalue weighted by Gasteiger charge is -2.20. The Balaban J connectivity index is 1.79. The van der Waals surface area contributed by atoms with Gasteiger partial charge in [0.2, 0.25) is 0 Å². The van der Waals surface area contributed by atoms with Crippen molar-refractivity contribution in [2.75, 3.05) is 31.1 Å². The second-order valence-corrected chi connectivity index (χ2v) is 14.1. The topological polar surface area (TPSA) is 15.6 Å². The molecule has 0 atom stereocenters. The molecule has 0 aromatic carbocycles. The van der Waals surface area contributed by atoms with Gasteiger partial charge < -0.3 is 4.90 Å². The van der Waals surface area contributed by atoms with Crippen LogP contribution in [-0.2, 0) is 0 Å². The number of hydrogen-bond donors (Lipinski definition) is 0. The maximum absolute atomic E-state index is 4.84. The Kier molecular flexibility index (Phi) is 30.0. The van der Waals surface area contributed by atoms with E-state index in [0.717, 1.165) is 6.54 Å². The monoisotopic (exact) mass is 579 g/mol. The van der Waals surface area contributed by atoms with Gasteiger partial charge in [0.05, 0.1) is 12.4 Å². The molecule has 0 aromatic heterocycles. The first kappa shape index (κ1) is 37.8. The molecule has 40 heavy (non-hydrogen) atoms. The van der Waals surface area contributed by atoms with E-state index in [-0.39, 0.29) is 0 Å². The fraction of sp³-hybridized carbons (Fsp3) is 0.973. The van der Waals surface area contributed by atoms with E-state index in [2.05, 4.69) is 30.5 Å². The molecular formula is C37H74N2S. The van der Waals surface area contributed by atoms with E-state index >= 15 is 0 Å². The van der Waals surface area contributed by atoms with Crippen LogP contribution in [0.5, 0.6) is 0 Å². The molecule has 238 valence electrons. The van der Waals surface area contributed by atoms with Crippen molar-refractivity contribution in [2.24, 2.45) is 4.99 Å². The maximum atomic E-state index is 4.84. The largest absolute Gasteiger partial charge is 0.358 e. The molecule has 2 nitrogen and oxygen atoms in total. The Labute approximate surface area is 258 Å². The molecule has 0 aliphatic carbocycles. The molecule has 0 unspecified atom stereocenters. The van der Waals surface area contributed by atoms with E-state index in [4.69, 9.17) is 4.99 Å². The van der Waals surface area contributed by atoms with Gasteiger partial charge in [-0.1, -0.05) is 181 Å². The average Bonchev–Trinajstić information content (AvgIpc) is 3.42. The first-order valence-electron chi connectivity index (χ1n) is 18.7. The predicted octanol–water partition coefficient (Wildman–Crippen LogP) is 12.8. The smallest absolute Gasteiger partial charge is 0.0990 e. The molecule has 0 spiro atoms. The first-order chi connectivity index (χ1) is 19.9. The van der Waals surface area contributed by atoms with Gasteiger partial charge in [-0.15, -0.1) is 0 Å². The summed E-state index contributed by atoms with van der Waals surface area (Å²) < 4.78 is 0. The van der Waals surface area contributed by atoms with E-state index in [1.54, 1.807) is 0 Å². The summed E-state index contributed by atoms with van der Waals surface area (Å²) in [5.74, 6) is 4.07. The highest BCUT2D eigenvalue weighted by molar-refractivity contribution is 7.99. The van der Waals surface area contributed by atoms with Gasteiger partial charge in [0, 0.05) is 25.3 Å². The quantitative estimate of drug-likeness (QED) is 0.0720. The van der Waals surface area contributed by atoms with E-state index in [0.29, 0.717) is 0 Å². The third-order valence-electron chi connectivity index (χ3n) is 8.93. The van der Waals surface area contributed by atoms with Gasteiger partial charge in [0.25, 0.3) is 0 Å². The van der Waals surface area contributed by atoms with Crippen molar-refractivity contribution in [1.29, 1.82) is 0 Å². The van der Waals surface area contributed by atoms with Crippen molar-refractivity contribution in [3.8, 4) is 0 Å². The van der Waals surface area contributed by atoms with E-state index in [1.165, 1.54) is 217 Å². The van der Waals surface area contributed by atoms with Crippen LogP contribution < -0.4 is 0 Å². The van der Waals surface area contributed by atoms with Crippen LogP contribution in [0.25, 0.3) is 0 Å². The lowest BCUT2D eigenvalue weighted by atomic mass is 10.0. The molecular weight excluding hydrogens is 504 g/mol. The van der Waals surface area contributed by atoms with Gasteiger partial charge in [-0.25, -0.2) is 0 Å². The predicted molar refractivity (Wildman–Crippen MR) is 186 cm³/mol. The third kappa shape index (κ3) is 25.5. The van der Waals surface area contributed by atoms with Gasteiger partial charge in [0.1, 0.15) is 0 Å². The van der Waals surface area contributed by atoms with Gasteiger partial charge >= 0.3 is 0 Å². The van der Waals surface area contributed by atoms with Crippen LogP contribution in [-0.4, -0.2) is 41.9 Å². The fourth-order valence-electron chi connectivity index (χ4n) is 6.16. The van der Waals surface area contributed by atoms with Crippen LogP contribution in [0.4, 0.5) is 0 Å². The summed E-state index contributed by atoms with van der Waals surface area (Å²) in [6.07, 6.45) is 41.8. The maximum Gasteiger partial charge on any atom is 0.0990 e. The van der Waals surface area contributed by atoms with Crippen molar-refractivity contribution < 1.29 is 0 Å². The molecule has 0 saturated carbocycles. The summed E-state index contributed by atoms with van der Waals surface area (Å²) in [6, 6.07) is 0. The number of aliphatic imine (C=N–C) groups is 1. The number of nitrogens with zero attached hydrogens (tertiary/aromatic N) is 2. The molecule has 1 rings (SSSR count). The fourth-order valence-corrected chi connectivity index (χ4v) is 7.12. The Bertz CT molecular complexity index is 520. The van der Waals surface area contributed by atoms with Gasteiger partial charge in [-0.05, 0) is 18.6 Å². The zero-order valence-corrected chi connectivity index (χ0v) is 28.7. The summed E-state index contributed by atoms with van der Waals surface area (Å²) in [4.78, 5) is 7.44. The summed E-state index contributed by atoms with van der Waals surface area (Å²) in [5, 5.41) is 0. The lowest BCUT2D eigenvalue weighted by molar-refractivity contribution is 0.473. The highest BCUT2D eigenvalue weighted by Crippen LogP contribution is 2.17. The van der Waals surface area contributed by atoms with Crippen LogP contribution >= 0.6 is 11.8 Å². The Morgan fingerprint density at radius 1 is 0.475 bits per heavy atom. The summed E-state index contributed by atoms with van der Waals surface area (Å²) in [5.41, 5.74) is 0. The molecule has 1 heterocycles. The van der Waals surface area contributed by atoms with E-state index < -0.39 is 0 Å². The Morgan fingerprint density at radius 3 is 1.27 bits per heavy atom. The third-order valence-corrected chi connectivity index (χ3v) is 9.98. The van der Waals surface area contributed by atoms with Crippen molar-refractivity contribution >= 4 is 17.6 Å². The second-order valence-electron chi connectivity index (χ2n) is 12.8. The molecule has 0 radical (unpaired) electrons. The van der Waals surface area contributed by atoms with Crippen molar-refractivity contribution in [1.82, 2.24) is 4.90 Å². The van der Waals surface area contributed by atoms with Crippen molar-refractivity contribution in [3.05, 3.63) is 0 Å². The van der Waals surface area contributed by atoms with Gasteiger partial charge in [-0.3, -0.25) is 4.99 Å². The minimum Gasteiger partial charge on any atom is -0.358 e. The summed E-state index contributed by atoms with van der Waals surface area (Å²) in [7, 11) is 0. The van der Waals surface area contributed by atoms with Crippen LogP contribution in [0.3, 0.4) is 0 Å². The molecule has 0 aromatic rings. The highest BCUT2D eigenvalue weighted by atomic mass is 32.2. The Morgan fingerprint density at radius 2 is 0.850 bits per heavy atom. The van der Waals surface area contributed by atoms with E-state index in [1.807, 2.05) is 0 Å². The van der Waals surface area contributed by atoms with Gasteiger partial charge in [0.15, 0.2) is 0 Å². The van der Waals surface area contributed by atoms with Crippen LogP contribution in [0.2, 0.25) is 0 Å². The summed E-state index contributed by atoms with van der Waals surface area (Å²) >= 11 is 2.18. The molecule has 1 aliphatic heterocycles. The first-order valence-corrected chi connectivity index (χ1v) is 19.9. The SMILES string of the molecule is CCCCCCCCCCCCCCCCSCCN1CCN=C1CCCCCCCCCCCCCCCC. The zero-order valence-electron chi connectivity index (χ0n) is 27.8. The number of rotatable bonds is 33. The molecule has 3 heteroatoms. The number of hydrogen-bond acceptors (Lipinski definition) is 3. The molecule has 1 aliphatic rings. The second kappa shape index (κ2) is 31.7. The zero-order chi connectivity index (χ0) is 28.6. The number of amidine groups is 1. The minimum atomic E-state index is 1.04. The van der Waals surface area contributed by atoms with Crippen LogP contribution in [0.1, 0.15) is 200 Å². The highest BCUT2D eigenvalue weighted by Gasteiger charge is 2.15. The minimum absolute atomic E-state index is 1.04. The molecule has 0 N–H and O–H groups in total. The van der Waals surface area contributed by atoms with E-state index in [9.17, 15) is 0 Å². The number of unbranched alkanes of at least 4 members (excludes halogenated alkanes) is 26. The molecule has 0 bridgehead atoms. The Hall–Kier alpha value is -0.180. The van der Waals surface area contributed by atoms with Crippen molar-refractivity contribution in [2.45, 2.75) is 200 Å². The summed E-state index contributed by atoms with van der Waals surface area (Å²) in [6.45, 7) is 8.05. The normalized spacial score (nSPS) is 13.4. The van der Waals surface area contributed by atoms with Gasteiger partial charge in [-0.2, -0.15) is 11.8 Å².